The van der Waals surface area contributed by atoms with Gasteiger partial charge in [0.15, 0.2) is 0 Å². The standard InChI is InChI=1S/C10H16N4O7S2/c1-5-11-9(14-10(15)12-5)13-7-4-6(22(16,17)18)2-3-8(7)23(19,20)21/h6-8H,2-4H2,1H3,(H,16,17,18)(H,19,20,21)(H2,11,12,13,14,15). The molecule has 0 radical (unpaired) electrons. The second kappa shape index (κ2) is 6.14. The van der Waals surface area contributed by atoms with Crippen LogP contribution < -0.4 is 5.32 Å². The average Bonchev–Trinajstić information content (AvgIpc) is 2.34. The Morgan fingerprint density at radius 3 is 2.22 bits per heavy atom. The number of hydrogen-bond donors (Lipinski definition) is 4. The van der Waals surface area contributed by atoms with Crippen LogP contribution in [0, 0.1) is 6.92 Å². The van der Waals surface area contributed by atoms with Crippen molar-refractivity contribution >= 4 is 26.2 Å². The minimum Gasteiger partial charge on any atom is -0.479 e. The van der Waals surface area contributed by atoms with Gasteiger partial charge in [0.25, 0.3) is 20.2 Å². The smallest absolute Gasteiger partial charge is 0.318 e. The highest BCUT2D eigenvalue weighted by Gasteiger charge is 2.42. The van der Waals surface area contributed by atoms with E-state index in [-0.39, 0.29) is 31.0 Å². The molecule has 0 bridgehead atoms. The summed E-state index contributed by atoms with van der Waals surface area (Å²) < 4.78 is 64.0. The molecule has 0 amide bonds. The van der Waals surface area contributed by atoms with Crippen LogP contribution in [0.15, 0.2) is 0 Å². The van der Waals surface area contributed by atoms with Crippen molar-refractivity contribution < 1.29 is 31.0 Å². The molecule has 11 nitrogen and oxygen atoms in total. The maximum absolute atomic E-state index is 11.5. The van der Waals surface area contributed by atoms with Crippen LogP contribution in [-0.2, 0) is 20.2 Å². The Morgan fingerprint density at radius 2 is 1.70 bits per heavy atom. The zero-order valence-electron chi connectivity index (χ0n) is 12.0. The number of nitrogens with zero attached hydrogens (tertiary/aromatic N) is 3. The van der Waals surface area contributed by atoms with Crippen LogP contribution in [0.1, 0.15) is 25.1 Å². The van der Waals surface area contributed by atoms with Crippen molar-refractivity contribution in [3.63, 3.8) is 0 Å². The van der Waals surface area contributed by atoms with Crippen LogP contribution in [0.4, 0.5) is 5.95 Å². The molecule has 1 heterocycles. The van der Waals surface area contributed by atoms with Gasteiger partial charge < -0.3 is 10.4 Å². The number of rotatable bonds is 4. The summed E-state index contributed by atoms with van der Waals surface area (Å²) in [6.07, 6.45) is -0.547. The molecule has 130 valence electrons. The van der Waals surface area contributed by atoms with Crippen molar-refractivity contribution in [1.29, 1.82) is 0 Å². The lowest BCUT2D eigenvalue weighted by molar-refractivity contribution is 0.383. The predicted molar refractivity (Wildman–Crippen MR) is 78.2 cm³/mol. The molecule has 0 aliphatic heterocycles. The number of nitrogens with one attached hydrogen (secondary N) is 1. The summed E-state index contributed by atoms with van der Waals surface area (Å²) in [5.41, 5.74) is 0. The van der Waals surface area contributed by atoms with Gasteiger partial charge in [-0.25, -0.2) is 0 Å². The van der Waals surface area contributed by atoms with Crippen LogP contribution in [-0.4, -0.2) is 62.5 Å². The van der Waals surface area contributed by atoms with E-state index in [1.165, 1.54) is 6.92 Å². The first-order valence-electron chi connectivity index (χ1n) is 6.57. The molecule has 4 N–H and O–H groups in total. The molecule has 1 aliphatic rings. The van der Waals surface area contributed by atoms with E-state index in [1.54, 1.807) is 0 Å². The van der Waals surface area contributed by atoms with Crippen LogP contribution in [0.3, 0.4) is 0 Å². The van der Waals surface area contributed by atoms with Crippen molar-refractivity contribution in [3.05, 3.63) is 5.82 Å². The first-order valence-corrected chi connectivity index (χ1v) is 9.58. The molecule has 3 atom stereocenters. The van der Waals surface area contributed by atoms with Gasteiger partial charge in [0.05, 0.1) is 5.25 Å². The highest BCUT2D eigenvalue weighted by molar-refractivity contribution is 7.87. The highest BCUT2D eigenvalue weighted by Crippen LogP contribution is 2.30. The molecule has 13 heteroatoms. The molecule has 1 fully saturated rings. The van der Waals surface area contributed by atoms with Gasteiger partial charge in [0.2, 0.25) is 5.95 Å². The lowest BCUT2D eigenvalue weighted by Gasteiger charge is -2.33. The Morgan fingerprint density at radius 1 is 1.04 bits per heavy atom. The summed E-state index contributed by atoms with van der Waals surface area (Å²) in [5, 5.41) is 9.45. The van der Waals surface area contributed by atoms with Gasteiger partial charge in [-0.1, -0.05) is 0 Å². The van der Waals surface area contributed by atoms with Gasteiger partial charge in [-0.2, -0.15) is 31.8 Å². The van der Waals surface area contributed by atoms with E-state index in [0.29, 0.717) is 0 Å². The molecule has 0 saturated heterocycles. The fraction of sp³-hybridized carbons (Fsp3) is 0.700. The molecule has 2 rings (SSSR count). The quantitative estimate of drug-likeness (QED) is 0.496. The normalized spacial score (nSPS) is 26.0. The second-order valence-corrected chi connectivity index (χ2v) is 8.59. The Bertz CT molecular complexity index is 775. The van der Waals surface area contributed by atoms with Crippen molar-refractivity contribution in [1.82, 2.24) is 15.0 Å². The zero-order valence-corrected chi connectivity index (χ0v) is 13.6. The predicted octanol–water partition coefficient (Wildman–Crippen LogP) is -0.637. The number of aryl methyl sites for hydroxylation is 1. The minimum atomic E-state index is -4.46. The fourth-order valence-corrected chi connectivity index (χ4v) is 4.49. The summed E-state index contributed by atoms with van der Waals surface area (Å²) in [4.78, 5) is 11.0. The van der Waals surface area contributed by atoms with Crippen LogP contribution in [0.5, 0.6) is 6.01 Å². The number of aromatic hydroxyl groups is 1. The summed E-state index contributed by atoms with van der Waals surface area (Å²) in [7, 11) is -8.81. The van der Waals surface area contributed by atoms with E-state index in [2.05, 4.69) is 20.3 Å². The van der Waals surface area contributed by atoms with Gasteiger partial charge >= 0.3 is 6.01 Å². The van der Waals surface area contributed by atoms with E-state index in [1.807, 2.05) is 0 Å². The Balaban J connectivity index is 2.31. The molecule has 0 spiro atoms. The second-order valence-electron chi connectivity index (χ2n) is 5.26. The SMILES string of the molecule is Cc1nc(O)nc(NC2CC(S(=O)(=O)O)CCC2S(=O)(=O)O)n1. The van der Waals surface area contributed by atoms with Crippen LogP contribution in [0.25, 0.3) is 0 Å². The maximum atomic E-state index is 11.5. The molecule has 1 saturated carbocycles. The summed E-state index contributed by atoms with van der Waals surface area (Å²) >= 11 is 0. The van der Waals surface area contributed by atoms with E-state index >= 15 is 0 Å². The molecule has 0 aromatic carbocycles. The minimum absolute atomic E-state index is 0.108. The van der Waals surface area contributed by atoms with Crippen LogP contribution in [0.2, 0.25) is 0 Å². The summed E-state index contributed by atoms with van der Waals surface area (Å²) in [6.45, 7) is 1.47. The molecular formula is C10H16N4O7S2. The van der Waals surface area contributed by atoms with E-state index in [4.69, 9.17) is 4.55 Å². The van der Waals surface area contributed by atoms with E-state index in [9.17, 15) is 26.5 Å². The fourth-order valence-electron chi connectivity index (χ4n) is 2.58. The van der Waals surface area contributed by atoms with Gasteiger partial charge in [-0.3, -0.25) is 9.11 Å². The Hall–Kier alpha value is -1.57. The maximum Gasteiger partial charge on any atom is 0.318 e. The largest absolute Gasteiger partial charge is 0.479 e. The molecule has 23 heavy (non-hydrogen) atoms. The number of anilines is 1. The molecule has 3 unspecified atom stereocenters. The lowest BCUT2D eigenvalue weighted by Crippen LogP contribution is -2.47. The summed E-state index contributed by atoms with van der Waals surface area (Å²) in [6, 6.07) is -1.66. The molecule has 1 aromatic rings. The summed E-state index contributed by atoms with van der Waals surface area (Å²) in [5.74, 6) is -0.00446. The Labute approximate surface area is 132 Å². The lowest BCUT2D eigenvalue weighted by atomic mass is 9.94. The van der Waals surface area contributed by atoms with Crippen molar-refractivity contribution in [2.75, 3.05) is 5.32 Å². The van der Waals surface area contributed by atoms with E-state index in [0.717, 1.165) is 0 Å². The Kier molecular flexibility index (Phi) is 4.75. The topological polar surface area (TPSA) is 180 Å². The van der Waals surface area contributed by atoms with Crippen molar-refractivity contribution in [2.24, 2.45) is 0 Å². The van der Waals surface area contributed by atoms with Gasteiger partial charge in [-0.15, -0.1) is 0 Å². The van der Waals surface area contributed by atoms with Gasteiger partial charge in [-0.05, 0) is 26.2 Å². The highest BCUT2D eigenvalue weighted by atomic mass is 32.2. The number of hydrogen-bond acceptors (Lipinski definition) is 9. The van der Waals surface area contributed by atoms with Crippen molar-refractivity contribution in [2.45, 2.75) is 42.7 Å². The van der Waals surface area contributed by atoms with Gasteiger partial charge in [0, 0.05) is 6.04 Å². The number of aromatic nitrogens is 3. The molecular weight excluding hydrogens is 352 g/mol. The first kappa shape index (κ1) is 17.8. The zero-order chi connectivity index (χ0) is 17.4. The molecule has 1 aliphatic carbocycles. The van der Waals surface area contributed by atoms with E-state index < -0.39 is 42.8 Å². The third kappa shape index (κ3) is 4.46. The average molecular weight is 368 g/mol. The molecule has 1 aromatic heterocycles. The third-order valence-electron chi connectivity index (χ3n) is 3.59. The monoisotopic (exact) mass is 368 g/mol. The van der Waals surface area contributed by atoms with Gasteiger partial charge in [0.1, 0.15) is 11.1 Å². The third-order valence-corrected chi connectivity index (χ3v) is 6.19. The van der Waals surface area contributed by atoms with Crippen molar-refractivity contribution in [3.8, 4) is 6.01 Å². The van der Waals surface area contributed by atoms with Crippen LogP contribution >= 0.6 is 0 Å². The first-order chi connectivity index (χ1) is 10.5.